The van der Waals surface area contributed by atoms with Crippen LogP contribution < -0.4 is 5.32 Å². The van der Waals surface area contributed by atoms with Crippen molar-refractivity contribution in [1.29, 1.82) is 0 Å². The summed E-state index contributed by atoms with van der Waals surface area (Å²) in [6, 6.07) is 2.65. The number of nitro benzene ring substituents is 1. The lowest BCUT2D eigenvalue weighted by Gasteiger charge is -2.14. The Morgan fingerprint density at radius 3 is 2.47 bits per heavy atom. The van der Waals surface area contributed by atoms with Crippen LogP contribution >= 0.6 is 0 Å². The number of hydrogen-bond acceptors (Lipinski definition) is 5. The van der Waals surface area contributed by atoms with Gasteiger partial charge >= 0.3 is 11.9 Å². The number of carboxylic acids is 2. The van der Waals surface area contributed by atoms with E-state index in [1.54, 1.807) is 6.92 Å². The lowest BCUT2D eigenvalue weighted by Crippen LogP contribution is -2.31. The Labute approximate surface area is 107 Å². The highest BCUT2D eigenvalue weighted by atomic mass is 16.6. The molecule has 1 rings (SSSR count). The summed E-state index contributed by atoms with van der Waals surface area (Å²) >= 11 is 0. The molecule has 8 heteroatoms. The van der Waals surface area contributed by atoms with Crippen molar-refractivity contribution in [2.75, 3.05) is 5.32 Å². The Bertz CT molecular complexity index is 528. The van der Waals surface area contributed by atoms with E-state index >= 15 is 0 Å². The molecule has 0 amide bonds. The maximum Gasteiger partial charge on any atom is 0.326 e. The first-order chi connectivity index (χ1) is 8.79. The molecule has 0 fully saturated rings. The molecule has 0 spiro atoms. The average Bonchev–Trinajstić information content (AvgIpc) is 2.26. The van der Waals surface area contributed by atoms with Crippen LogP contribution in [0.2, 0.25) is 0 Å². The number of rotatable bonds is 6. The molecule has 0 aliphatic carbocycles. The van der Waals surface area contributed by atoms with Crippen LogP contribution in [-0.2, 0) is 9.59 Å². The number of nitrogens with one attached hydrogen (secondary N) is 1. The minimum atomic E-state index is -1.35. The Kier molecular flexibility index (Phi) is 4.41. The van der Waals surface area contributed by atoms with Crippen molar-refractivity contribution < 1.29 is 24.7 Å². The van der Waals surface area contributed by atoms with Crippen LogP contribution in [0.3, 0.4) is 0 Å². The molecule has 19 heavy (non-hydrogen) atoms. The number of carbonyl (C=O) groups is 2. The highest BCUT2D eigenvalue weighted by molar-refractivity contribution is 5.83. The summed E-state index contributed by atoms with van der Waals surface area (Å²) in [7, 11) is 0. The van der Waals surface area contributed by atoms with E-state index in [2.05, 4.69) is 5.32 Å². The monoisotopic (exact) mass is 268 g/mol. The SMILES string of the molecule is Cc1cc(NC(CC(=O)O)C(=O)O)cc([N+](=O)[O-])c1. The second-order valence-corrected chi connectivity index (χ2v) is 3.95. The topological polar surface area (TPSA) is 130 Å². The summed E-state index contributed by atoms with van der Waals surface area (Å²) in [5.74, 6) is -2.62. The number of nitro groups is 1. The zero-order valence-electron chi connectivity index (χ0n) is 9.99. The number of non-ortho nitro benzene ring substituents is 1. The number of nitrogens with zero attached hydrogens (tertiary/aromatic N) is 1. The molecule has 8 nitrogen and oxygen atoms in total. The first-order valence-corrected chi connectivity index (χ1v) is 5.27. The number of hydrogen-bond donors (Lipinski definition) is 3. The van der Waals surface area contributed by atoms with Crippen LogP contribution in [0.5, 0.6) is 0 Å². The summed E-state index contributed by atoms with van der Waals surface area (Å²) in [5.41, 5.74) is 0.568. The van der Waals surface area contributed by atoms with Crippen LogP contribution in [-0.4, -0.2) is 33.1 Å². The van der Waals surface area contributed by atoms with Crippen LogP contribution in [0.4, 0.5) is 11.4 Å². The third kappa shape index (κ3) is 4.26. The first-order valence-electron chi connectivity index (χ1n) is 5.27. The molecule has 0 radical (unpaired) electrons. The van der Waals surface area contributed by atoms with E-state index in [0.717, 1.165) is 6.07 Å². The third-order valence-electron chi connectivity index (χ3n) is 2.29. The third-order valence-corrected chi connectivity index (χ3v) is 2.29. The Balaban J connectivity index is 2.99. The largest absolute Gasteiger partial charge is 0.481 e. The maximum atomic E-state index is 10.9. The van der Waals surface area contributed by atoms with E-state index in [4.69, 9.17) is 10.2 Å². The Morgan fingerprint density at radius 1 is 1.37 bits per heavy atom. The molecule has 0 aromatic heterocycles. The van der Waals surface area contributed by atoms with E-state index in [0.29, 0.717) is 5.56 Å². The van der Waals surface area contributed by atoms with Gasteiger partial charge in [-0.1, -0.05) is 0 Å². The molecular formula is C11H12N2O6. The zero-order chi connectivity index (χ0) is 14.6. The molecular weight excluding hydrogens is 256 g/mol. The van der Waals surface area contributed by atoms with Crippen LogP contribution in [0.15, 0.2) is 18.2 Å². The van der Waals surface area contributed by atoms with Gasteiger partial charge in [0.1, 0.15) is 6.04 Å². The van der Waals surface area contributed by atoms with Crippen molar-refractivity contribution in [3.05, 3.63) is 33.9 Å². The summed E-state index contributed by atoms with van der Waals surface area (Å²) in [6.07, 6.45) is -0.628. The van der Waals surface area contributed by atoms with Gasteiger partial charge in [0.05, 0.1) is 11.3 Å². The fraction of sp³-hybridized carbons (Fsp3) is 0.273. The second kappa shape index (κ2) is 5.80. The van der Waals surface area contributed by atoms with Crippen molar-refractivity contribution in [3.63, 3.8) is 0 Å². The maximum absolute atomic E-state index is 10.9. The molecule has 1 atom stereocenters. The first kappa shape index (κ1) is 14.4. The molecule has 0 heterocycles. The van der Waals surface area contributed by atoms with E-state index in [-0.39, 0.29) is 11.4 Å². The van der Waals surface area contributed by atoms with Gasteiger partial charge in [0.15, 0.2) is 0 Å². The molecule has 0 saturated carbocycles. The summed E-state index contributed by atoms with van der Waals surface area (Å²) < 4.78 is 0. The molecule has 0 bridgehead atoms. The van der Waals surface area contributed by atoms with Gasteiger partial charge in [-0.3, -0.25) is 14.9 Å². The predicted octanol–water partition coefficient (Wildman–Crippen LogP) is 1.24. The molecule has 1 aromatic carbocycles. The van der Waals surface area contributed by atoms with E-state index < -0.39 is 29.3 Å². The van der Waals surface area contributed by atoms with E-state index in [1.807, 2.05) is 0 Å². The number of aliphatic carboxylic acids is 2. The second-order valence-electron chi connectivity index (χ2n) is 3.95. The van der Waals surface area contributed by atoms with Gasteiger partial charge in [-0.15, -0.1) is 0 Å². The molecule has 3 N–H and O–H groups in total. The minimum absolute atomic E-state index is 0.193. The van der Waals surface area contributed by atoms with Crippen molar-refractivity contribution in [2.45, 2.75) is 19.4 Å². The fourth-order valence-electron chi connectivity index (χ4n) is 1.53. The quantitative estimate of drug-likeness (QED) is 0.522. The molecule has 1 unspecified atom stereocenters. The van der Waals surface area contributed by atoms with Crippen molar-refractivity contribution in [3.8, 4) is 0 Å². The molecule has 0 saturated heterocycles. The van der Waals surface area contributed by atoms with Crippen molar-refractivity contribution in [1.82, 2.24) is 0 Å². The van der Waals surface area contributed by atoms with Crippen LogP contribution in [0.25, 0.3) is 0 Å². The van der Waals surface area contributed by atoms with E-state index in [1.165, 1.54) is 12.1 Å². The fourth-order valence-corrected chi connectivity index (χ4v) is 1.53. The van der Waals surface area contributed by atoms with Gasteiger partial charge in [-0.25, -0.2) is 4.79 Å². The Morgan fingerprint density at radius 2 is 2.00 bits per heavy atom. The highest BCUT2D eigenvalue weighted by Gasteiger charge is 2.21. The molecule has 0 aliphatic heterocycles. The lowest BCUT2D eigenvalue weighted by molar-refractivity contribution is -0.384. The number of anilines is 1. The molecule has 102 valence electrons. The van der Waals surface area contributed by atoms with Gasteiger partial charge < -0.3 is 15.5 Å². The number of aryl methyl sites for hydroxylation is 1. The normalized spacial score (nSPS) is 11.6. The van der Waals surface area contributed by atoms with Crippen molar-refractivity contribution >= 4 is 23.3 Å². The number of benzene rings is 1. The molecule has 1 aromatic rings. The van der Waals surface area contributed by atoms with Gasteiger partial charge in [-0.2, -0.15) is 0 Å². The van der Waals surface area contributed by atoms with Crippen molar-refractivity contribution in [2.24, 2.45) is 0 Å². The van der Waals surface area contributed by atoms with Gasteiger partial charge in [0.2, 0.25) is 0 Å². The summed E-state index contributed by atoms with van der Waals surface area (Å²) in [5, 5.41) is 30.6. The predicted molar refractivity (Wildman–Crippen MR) is 65.1 cm³/mol. The minimum Gasteiger partial charge on any atom is -0.481 e. The Hall–Kier alpha value is -2.64. The van der Waals surface area contributed by atoms with E-state index in [9.17, 15) is 19.7 Å². The smallest absolute Gasteiger partial charge is 0.326 e. The van der Waals surface area contributed by atoms with Crippen LogP contribution in [0, 0.1) is 17.0 Å². The average molecular weight is 268 g/mol. The summed E-state index contributed by atoms with van der Waals surface area (Å²) in [4.78, 5) is 31.5. The van der Waals surface area contributed by atoms with Gasteiger partial charge in [0.25, 0.3) is 5.69 Å². The lowest BCUT2D eigenvalue weighted by atomic mass is 10.1. The highest BCUT2D eigenvalue weighted by Crippen LogP contribution is 2.21. The number of carboxylic acid groups (broad SMARTS) is 2. The van der Waals surface area contributed by atoms with Gasteiger partial charge in [0, 0.05) is 17.8 Å². The summed E-state index contributed by atoms with van der Waals surface area (Å²) in [6.45, 7) is 1.62. The zero-order valence-corrected chi connectivity index (χ0v) is 9.99. The van der Waals surface area contributed by atoms with Gasteiger partial charge in [-0.05, 0) is 18.6 Å². The van der Waals surface area contributed by atoms with Crippen LogP contribution in [0.1, 0.15) is 12.0 Å². The molecule has 0 aliphatic rings. The standard InChI is InChI=1S/C11H12N2O6/c1-6-2-7(4-8(3-6)13(18)19)12-9(11(16)17)5-10(14)15/h2-4,9,12H,5H2,1H3,(H,14,15)(H,16,17).